The molecule has 142 valence electrons. The Labute approximate surface area is 167 Å². The molecule has 3 rings (SSSR count). The summed E-state index contributed by atoms with van der Waals surface area (Å²) < 4.78 is 12.7. The number of allylic oxidation sites excluding steroid dienone is 2. The molecule has 0 fully saturated rings. The fourth-order valence-electron chi connectivity index (χ4n) is 2.92. The summed E-state index contributed by atoms with van der Waals surface area (Å²) in [5.74, 6) is 1.57. The Kier molecular flexibility index (Phi) is 6.69. The first-order valence-electron chi connectivity index (χ1n) is 9.54. The standard InChI is InChI=1S/C26H26O2/c1-4-10-21-12-6-8-14-24(21)27-26(23-18-16-20(3)17-19-23)28-25-15-9-7-13-22(25)11-5-2/h4-19,26H,1-3H3. The minimum atomic E-state index is -0.557. The van der Waals surface area contributed by atoms with Gasteiger partial charge in [-0.3, -0.25) is 0 Å². The van der Waals surface area contributed by atoms with Crippen molar-refractivity contribution in [3.63, 3.8) is 0 Å². The van der Waals surface area contributed by atoms with Crippen LogP contribution in [0, 0.1) is 6.92 Å². The van der Waals surface area contributed by atoms with Gasteiger partial charge in [0.05, 0.1) is 0 Å². The normalized spacial score (nSPS) is 12.4. The molecule has 0 saturated heterocycles. The second-order valence-corrected chi connectivity index (χ2v) is 6.55. The zero-order valence-corrected chi connectivity index (χ0v) is 16.6. The van der Waals surface area contributed by atoms with Gasteiger partial charge in [-0.25, -0.2) is 0 Å². The molecule has 0 aromatic heterocycles. The molecule has 0 radical (unpaired) electrons. The van der Waals surface area contributed by atoms with Gasteiger partial charge in [0.2, 0.25) is 0 Å². The van der Waals surface area contributed by atoms with Gasteiger partial charge in [0.1, 0.15) is 11.5 Å². The van der Waals surface area contributed by atoms with E-state index >= 15 is 0 Å². The van der Waals surface area contributed by atoms with Crippen LogP contribution in [0.5, 0.6) is 11.5 Å². The van der Waals surface area contributed by atoms with E-state index in [1.165, 1.54) is 5.56 Å². The van der Waals surface area contributed by atoms with Crippen molar-refractivity contribution in [2.45, 2.75) is 27.1 Å². The fourth-order valence-corrected chi connectivity index (χ4v) is 2.92. The molecule has 0 heterocycles. The minimum absolute atomic E-state index is 0.557. The molecule has 0 aliphatic heterocycles. The maximum absolute atomic E-state index is 6.36. The summed E-state index contributed by atoms with van der Waals surface area (Å²) in [6, 6.07) is 24.2. The molecule has 0 N–H and O–H groups in total. The molecular weight excluding hydrogens is 344 g/mol. The molecule has 3 aromatic rings. The van der Waals surface area contributed by atoms with Crippen molar-refractivity contribution in [3.05, 3.63) is 107 Å². The molecule has 0 spiro atoms. The zero-order valence-electron chi connectivity index (χ0n) is 16.6. The van der Waals surface area contributed by atoms with Gasteiger partial charge in [0.15, 0.2) is 0 Å². The molecular formula is C26H26O2. The number of hydrogen-bond acceptors (Lipinski definition) is 2. The van der Waals surface area contributed by atoms with Crippen molar-refractivity contribution in [1.82, 2.24) is 0 Å². The summed E-state index contributed by atoms with van der Waals surface area (Å²) in [4.78, 5) is 0. The summed E-state index contributed by atoms with van der Waals surface area (Å²) >= 11 is 0. The van der Waals surface area contributed by atoms with Crippen molar-refractivity contribution in [1.29, 1.82) is 0 Å². The van der Waals surface area contributed by atoms with Gasteiger partial charge in [-0.2, -0.15) is 0 Å². The number of benzene rings is 3. The summed E-state index contributed by atoms with van der Waals surface area (Å²) in [6.45, 7) is 6.07. The van der Waals surface area contributed by atoms with Gasteiger partial charge in [-0.1, -0.05) is 90.5 Å². The number of para-hydroxylation sites is 2. The monoisotopic (exact) mass is 370 g/mol. The Bertz CT molecular complexity index is 895. The highest BCUT2D eigenvalue weighted by Crippen LogP contribution is 2.31. The molecule has 28 heavy (non-hydrogen) atoms. The molecule has 0 unspecified atom stereocenters. The predicted octanol–water partition coefficient (Wildman–Crippen LogP) is 7.22. The molecule has 2 nitrogen and oxygen atoms in total. The second kappa shape index (κ2) is 9.61. The van der Waals surface area contributed by atoms with Crippen molar-refractivity contribution in [2.24, 2.45) is 0 Å². The first kappa shape index (κ1) is 19.5. The summed E-state index contributed by atoms with van der Waals surface area (Å²) in [6.07, 6.45) is 7.53. The van der Waals surface area contributed by atoms with E-state index in [2.05, 4.69) is 31.2 Å². The number of hydrogen-bond donors (Lipinski definition) is 0. The van der Waals surface area contributed by atoms with Crippen LogP contribution in [0.4, 0.5) is 0 Å². The van der Waals surface area contributed by atoms with E-state index in [1.54, 1.807) is 0 Å². The number of ether oxygens (including phenoxy) is 2. The first-order valence-corrected chi connectivity index (χ1v) is 9.54. The van der Waals surface area contributed by atoms with Gasteiger partial charge in [-0.15, -0.1) is 0 Å². The van der Waals surface area contributed by atoms with Crippen LogP contribution in [0.25, 0.3) is 12.2 Å². The molecule has 3 aromatic carbocycles. The maximum Gasteiger partial charge on any atom is 0.267 e. The topological polar surface area (TPSA) is 18.5 Å². The Morgan fingerprint density at radius 1 is 0.643 bits per heavy atom. The Balaban J connectivity index is 1.98. The second-order valence-electron chi connectivity index (χ2n) is 6.55. The van der Waals surface area contributed by atoms with Crippen LogP contribution in [0.1, 0.15) is 42.4 Å². The summed E-state index contributed by atoms with van der Waals surface area (Å²) in [7, 11) is 0. The van der Waals surface area contributed by atoms with E-state index < -0.39 is 6.29 Å². The van der Waals surface area contributed by atoms with Crippen molar-refractivity contribution in [3.8, 4) is 11.5 Å². The zero-order chi connectivity index (χ0) is 19.8. The van der Waals surface area contributed by atoms with E-state index in [-0.39, 0.29) is 0 Å². The van der Waals surface area contributed by atoms with Crippen molar-refractivity contribution >= 4 is 12.2 Å². The van der Waals surface area contributed by atoms with Crippen LogP contribution in [0.15, 0.2) is 84.9 Å². The molecule has 0 atom stereocenters. The molecule has 0 bridgehead atoms. The van der Waals surface area contributed by atoms with Crippen LogP contribution in [-0.2, 0) is 0 Å². The average molecular weight is 370 g/mol. The van der Waals surface area contributed by atoms with E-state index in [0.29, 0.717) is 0 Å². The van der Waals surface area contributed by atoms with Crippen LogP contribution in [-0.4, -0.2) is 0 Å². The lowest BCUT2D eigenvalue weighted by atomic mass is 10.1. The molecule has 0 aliphatic rings. The highest BCUT2D eigenvalue weighted by molar-refractivity contribution is 5.58. The predicted molar refractivity (Wildman–Crippen MR) is 117 cm³/mol. The maximum atomic E-state index is 6.36. The van der Waals surface area contributed by atoms with Crippen LogP contribution in [0.2, 0.25) is 0 Å². The van der Waals surface area contributed by atoms with Gasteiger partial charge in [0, 0.05) is 16.7 Å². The smallest absolute Gasteiger partial charge is 0.267 e. The van der Waals surface area contributed by atoms with Crippen molar-refractivity contribution < 1.29 is 9.47 Å². The third-order valence-electron chi connectivity index (χ3n) is 4.35. The third kappa shape index (κ3) is 4.92. The SMILES string of the molecule is CC=Cc1ccccc1OC(Oc1ccccc1C=CC)c1ccc(C)cc1. The summed E-state index contributed by atoms with van der Waals surface area (Å²) in [5, 5.41) is 0. The lowest BCUT2D eigenvalue weighted by Gasteiger charge is -2.23. The number of rotatable bonds is 7. The average Bonchev–Trinajstić information content (AvgIpc) is 2.71. The largest absolute Gasteiger partial charge is 0.450 e. The van der Waals surface area contributed by atoms with Gasteiger partial charge >= 0.3 is 0 Å². The fraction of sp³-hybridized carbons (Fsp3) is 0.154. The Morgan fingerprint density at radius 3 is 1.57 bits per heavy atom. The quantitative estimate of drug-likeness (QED) is 0.409. The van der Waals surface area contributed by atoms with Crippen LogP contribution >= 0.6 is 0 Å². The molecule has 2 heteroatoms. The van der Waals surface area contributed by atoms with E-state index in [0.717, 1.165) is 28.2 Å². The van der Waals surface area contributed by atoms with E-state index in [4.69, 9.17) is 9.47 Å². The summed E-state index contributed by atoms with van der Waals surface area (Å²) in [5.41, 5.74) is 4.21. The molecule has 0 amide bonds. The highest BCUT2D eigenvalue weighted by atomic mass is 16.7. The van der Waals surface area contributed by atoms with Crippen LogP contribution < -0.4 is 9.47 Å². The van der Waals surface area contributed by atoms with E-state index in [1.807, 2.05) is 86.7 Å². The van der Waals surface area contributed by atoms with Gasteiger partial charge in [0.25, 0.3) is 6.29 Å². The highest BCUT2D eigenvalue weighted by Gasteiger charge is 2.18. The van der Waals surface area contributed by atoms with Gasteiger partial charge < -0.3 is 9.47 Å². The lowest BCUT2D eigenvalue weighted by Crippen LogP contribution is -2.16. The Hall–Kier alpha value is -3.26. The van der Waals surface area contributed by atoms with E-state index in [9.17, 15) is 0 Å². The molecule has 0 aliphatic carbocycles. The minimum Gasteiger partial charge on any atom is -0.450 e. The molecule has 0 saturated carbocycles. The first-order chi connectivity index (χ1) is 13.7. The van der Waals surface area contributed by atoms with Gasteiger partial charge in [-0.05, 0) is 32.9 Å². The third-order valence-corrected chi connectivity index (χ3v) is 4.35. The van der Waals surface area contributed by atoms with Crippen molar-refractivity contribution in [2.75, 3.05) is 0 Å². The Morgan fingerprint density at radius 2 is 1.11 bits per heavy atom. The lowest BCUT2D eigenvalue weighted by molar-refractivity contribution is 0.00348. The van der Waals surface area contributed by atoms with Crippen LogP contribution in [0.3, 0.4) is 0 Å². The number of aryl methyl sites for hydroxylation is 1.